The summed E-state index contributed by atoms with van der Waals surface area (Å²) in [6.07, 6.45) is -0.171. The van der Waals surface area contributed by atoms with Crippen molar-refractivity contribution >= 4 is 23.3 Å². The Bertz CT molecular complexity index is 1360. The van der Waals surface area contributed by atoms with E-state index in [1.807, 2.05) is 38.2 Å². The zero-order valence-electron chi connectivity index (χ0n) is 25.1. The summed E-state index contributed by atoms with van der Waals surface area (Å²) in [6, 6.07) is 12.5. The molecule has 11 nitrogen and oxygen atoms in total. The maximum absolute atomic E-state index is 13.5. The fraction of sp³-hybridized carbons (Fsp3) is 0.452. The number of carbonyl (C=O) groups is 2. The lowest BCUT2D eigenvalue weighted by molar-refractivity contribution is -0.134. The number of rotatable bonds is 9. The number of amides is 3. The highest BCUT2D eigenvalue weighted by Crippen LogP contribution is 2.30. The van der Waals surface area contributed by atoms with Gasteiger partial charge in [-0.3, -0.25) is 9.69 Å². The molecule has 3 amide bonds. The molecule has 0 saturated carbocycles. The van der Waals surface area contributed by atoms with Gasteiger partial charge in [-0.15, -0.1) is 0 Å². The Kier molecular flexibility index (Phi) is 10.1. The summed E-state index contributed by atoms with van der Waals surface area (Å²) >= 11 is 0. The Hall–Kier alpha value is -4.09. The summed E-state index contributed by atoms with van der Waals surface area (Å²) in [5.41, 5.74) is 3.40. The number of ether oxygens (including phenoxy) is 2. The van der Waals surface area contributed by atoms with Crippen LogP contribution in [0.4, 0.5) is 16.2 Å². The number of aliphatic hydroxyl groups is 1. The second kappa shape index (κ2) is 13.7. The van der Waals surface area contributed by atoms with E-state index in [2.05, 4.69) is 27.6 Å². The number of benzene rings is 2. The molecular formula is C31H41N5O6. The van der Waals surface area contributed by atoms with E-state index in [4.69, 9.17) is 14.0 Å². The normalized spacial score (nSPS) is 17.9. The van der Waals surface area contributed by atoms with Crippen LogP contribution < -0.4 is 20.1 Å². The molecule has 1 aromatic heterocycles. The fourth-order valence-corrected chi connectivity index (χ4v) is 5.08. The number of aliphatic hydroxyl groups excluding tert-OH is 1. The molecule has 0 bridgehead atoms. The minimum Gasteiger partial charge on any atom is -0.497 e. The number of aromatic nitrogens is 1. The van der Waals surface area contributed by atoms with E-state index in [9.17, 15) is 14.7 Å². The number of hydrogen-bond acceptors (Lipinski definition) is 8. The molecule has 4 rings (SSSR count). The standard InChI is InChI=1S/C31H41N5O6/c1-19-15-36(20(2)18-37)29(38)14-24-13-25(32-31(39)33-30-21(3)34-42-22(30)4)9-12-27(24)41-28(19)17-35(5)16-23-7-10-26(40-6)11-8-23/h7-13,19-20,28,37H,14-18H2,1-6H3,(H2,32,33,39)/t19-,20+,28-/m1/s1. The summed E-state index contributed by atoms with van der Waals surface area (Å²) in [4.78, 5) is 30.1. The van der Waals surface area contributed by atoms with E-state index in [0.29, 0.717) is 53.8 Å². The van der Waals surface area contributed by atoms with Crippen molar-refractivity contribution in [1.82, 2.24) is 15.0 Å². The molecule has 0 spiro atoms. The molecule has 1 aliphatic rings. The van der Waals surface area contributed by atoms with Crippen LogP contribution in [0, 0.1) is 19.8 Å². The number of nitrogens with one attached hydrogen (secondary N) is 2. The molecule has 2 aromatic carbocycles. The number of anilines is 2. The van der Waals surface area contributed by atoms with Gasteiger partial charge in [0.15, 0.2) is 5.76 Å². The minimum absolute atomic E-state index is 0.0224. The Labute approximate surface area is 246 Å². The summed E-state index contributed by atoms with van der Waals surface area (Å²) in [6.45, 7) is 9.00. The van der Waals surface area contributed by atoms with Crippen LogP contribution in [0.2, 0.25) is 0 Å². The number of methoxy groups -OCH3 is 1. The van der Waals surface area contributed by atoms with Gasteiger partial charge in [0.05, 0.1) is 26.2 Å². The zero-order valence-corrected chi connectivity index (χ0v) is 25.1. The van der Waals surface area contributed by atoms with Gasteiger partial charge in [-0.25, -0.2) is 4.79 Å². The second-order valence-corrected chi connectivity index (χ2v) is 11.0. The zero-order chi connectivity index (χ0) is 30.4. The SMILES string of the molecule is COc1ccc(CN(C)C[C@H]2Oc3ccc(NC(=O)Nc4c(C)noc4C)cc3CC(=O)N([C@@H](C)CO)C[C@H]2C)cc1. The number of carbonyl (C=O) groups excluding carboxylic acids is 2. The molecule has 0 fully saturated rings. The Morgan fingerprint density at radius 2 is 1.95 bits per heavy atom. The van der Waals surface area contributed by atoms with Crippen molar-refractivity contribution in [2.75, 3.05) is 44.5 Å². The van der Waals surface area contributed by atoms with E-state index in [1.165, 1.54) is 0 Å². The van der Waals surface area contributed by atoms with Crippen molar-refractivity contribution in [3.05, 3.63) is 65.0 Å². The number of nitrogens with zero attached hydrogens (tertiary/aromatic N) is 3. The topological polar surface area (TPSA) is 129 Å². The fourth-order valence-electron chi connectivity index (χ4n) is 5.08. The predicted octanol–water partition coefficient (Wildman–Crippen LogP) is 4.23. The molecular weight excluding hydrogens is 538 g/mol. The summed E-state index contributed by atoms with van der Waals surface area (Å²) in [5.74, 6) is 1.77. The lowest BCUT2D eigenvalue weighted by atomic mass is 10.0. The third-order valence-corrected chi connectivity index (χ3v) is 7.55. The van der Waals surface area contributed by atoms with E-state index in [0.717, 1.165) is 11.3 Å². The third-order valence-electron chi connectivity index (χ3n) is 7.55. The van der Waals surface area contributed by atoms with Crippen molar-refractivity contribution in [2.45, 2.75) is 52.8 Å². The molecule has 3 N–H and O–H groups in total. The van der Waals surface area contributed by atoms with Gasteiger partial charge in [0.25, 0.3) is 0 Å². The summed E-state index contributed by atoms with van der Waals surface area (Å²) < 4.78 is 17.0. The van der Waals surface area contributed by atoms with Gasteiger partial charge in [-0.2, -0.15) is 0 Å². The molecule has 0 radical (unpaired) electrons. The molecule has 42 heavy (non-hydrogen) atoms. The predicted molar refractivity (Wildman–Crippen MR) is 160 cm³/mol. The molecule has 0 saturated heterocycles. The Morgan fingerprint density at radius 1 is 1.21 bits per heavy atom. The van der Waals surface area contributed by atoms with Gasteiger partial charge in [-0.05, 0) is 63.7 Å². The minimum atomic E-state index is -0.457. The van der Waals surface area contributed by atoms with Gasteiger partial charge >= 0.3 is 6.03 Å². The Morgan fingerprint density at radius 3 is 2.60 bits per heavy atom. The van der Waals surface area contributed by atoms with Gasteiger partial charge in [-0.1, -0.05) is 24.2 Å². The van der Waals surface area contributed by atoms with E-state index < -0.39 is 6.03 Å². The first kappa shape index (κ1) is 30.9. The highest BCUT2D eigenvalue weighted by Gasteiger charge is 2.31. The monoisotopic (exact) mass is 579 g/mol. The number of fused-ring (bicyclic) bond motifs is 1. The van der Waals surface area contributed by atoms with Crippen LogP contribution in [-0.4, -0.2) is 78.0 Å². The first-order chi connectivity index (χ1) is 20.1. The van der Waals surface area contributed by atoms with Gasteiger partial charge in [0.2, 0.25) is 5.91 Å². The van der Waals surface area contributed by atoms with Gasteiger partial charge in [0, 0.05) is 36.8 Å². The van der Waals surface area contributed by atoms with Crippen LogP contribution in [-0.2, 0) is 17.8 Å². The van der Waals surface area contributed by atoms with Crippen molar-refractivity contribution in [1.29, 1.82) is 0 Å². The van der Waals surface area contributed by atoms with Crippen LogP contribution in [0.1, 0.15) is 36.4 Å². The third kappa shape index (κ3) is 7.59. The quantitative estimate of drug-likeness (QED) is 0.344. The van der Waals surface area contributed by atoms with Crippen molar-refractivity contribution in [3.63, 3.8) is 0 Å². The van der Waals surface area contributed by atoms with Crippen LogP contribution in [0.25, 0.3) is 0 Å². The largest absolute Gasteiger partial charge is 0.497 e. The van der Waals surface area contributed by atoms with Crippen LogP contribution >= 0.6 is 0 Å². The van der Waals surface area contributed by atoms with Crippen molar-refractivity contribution in [3.8, 4) is 11.5 Å². The molecule has 0 unspecified atom stereocenters. The number of urea groups is 1. The van der Waals surface area contributed by atoms with Crippen LogP contribution in [0.5, 0.6) is 11.5 Å². The lowest BCUT2D eigenvalue weighted by Gasteiger charge is -2.34. The van der Waals surface area contributed by atoms with E-state index >= 15 is 0 Å². The molecule has 0 aliphatic carbocycles. The van der Waals surface area contributed by atoms with Crippen LogP contribution in [0.15, 0.2) is 47.0 Å². The van der Waals surface area contributed by atoms with E-state index in [1.54, 1.807) is 44.1 Å². The molecule has 11 heteroatoms. The molecule has 226 valence electrons. The lowest BCUT2D eigenvalue weighted by Crippen LogP contribution is -2.47. The highest BCUT2D eigenvalue weighted by molar-refractivity contribution is 6.00. The Balaban J connectivity index is 1.56. The average molecular weight is 580 g/mol. The van der Waals surface area contributed by atoms with Crippen molar-refractivity contribution in [2.24, 2.45) is 5.92 Å². The average Bonchev–Trinajstić information content (AvgIpc) is 3.29. The maximum atomic E-state index is 13.5. The summed E-state index contributed by atoms with van der Waals surface area (Å²) in [7, 11) is 3.69. The molecule has 3 aromatic rings. The first-order valence-corrected chi connectivity index (χ1v) is 14.1. The van der Waals surface area contributed by atoms with E-state index in [-0.39, 0.29) is 37.0 Å². The second-order valence-electron chi connectivity index (χ2n) is 11.0. The smallest absolute Gasteiger partial charge is 0.323 e. The molecule has 1 aliphatic heterocycles. The highest BCUT2D eigenvalue weighted by atomic mass is 16.5. The van der Waals surface area contributed by atoms with Crippen molar-refractivity contribution < 1.29 is 28.7 Å². The molecule has 3 atom stereocenters. The first-order valence-electron chi connectivity index (χ1n) is 14.1. The number of hydrogen-bond donors (Lipinski definition) is 3. The van der Waals surface area contributed by atoms with Gasteiger partial charge in [0.1, 0.15) is 29.0 Å². The van der Waals surface area contributed by atoms with Crippen LogP contribution in [0.3, 0.4) is 0 Å². The van der Waals surface area contributed by atoms with Gasteiger partial charge < -0.3 is 34.6 Å². The molecule has 2 heterocycles. The number of likely N-dealkylation sites (N-methyl/N-ethyl adjacent to an activating group) is 1. The number of aryl methyl sites for hydroxylation is 2. The maximum Gasteiger partial charge on any atom is 0.323 e. The summed E-state index contributed by atoms with van der Waals surface area (Å²) in [5, 5.41) is 19.4.